The molecule has 0 unspecified atom stereocenters. The molecule has 0 aromatic carbocycles. The van der Waals surface area contributed by atoms with Crippen LogP contribution in [0.3, 0.4) is 0 Å². The first-order chi connectivity index (χ1) is 8.33. The predicted octanol–water partition coefficient (Wildman–Crippen LogP) is 0.884. The van der Waals surface area contributed by atoms with E-state index >= 15 is 0 Å². The van der Waals surface area contributed by atoms with Crippen LogP contribution >= 0.6 is 11.3 Å². The Hall–Kier alpha value is -0.690. The summed E-state index contributed by atoms with van der Waals surface area (Å²) in [7, 11) is 3.36. The lowest BCUT2D eigenvalue weighted by Crippen LogP contribution is -2.49. The average Bonchev–Trinajstić information content (AvgIpc) is 2.90. The molecule has 17 heavy (non-hydrogen) atoms. The molecule has 0 radical (unpaired) electrons. The fourth-order valence-corrected chi connectivity index (χ4v) is 2.65. The van der Waals surface area contributed by atoms with Gasteiger partial charge < -0.3 is 14.4 Å². The van der Waals surface area contributed by atoms with E-state index in [9.17, 15) is 0 Å². The predicted molar refractivity (Wildman–Crippen MR) is 68.6 cm³/mol. The third kappa shape index (κ3) is 3.38. The smallest absolute Gasteiger partial charge is 0.185 e. The molecule has 2 rings (SSSR count). The van der Waals surface area contributed by atoms with Crippen molar-refractivity contribution in [2.45, 2.75) is 6.29 Å². The largest absolute Gasteiger partial charge is 0.355 e. The van der Waals surface area contributed by atoms with E-state index in [1.807, 2.05) is 11.6 Å². The molecule has 1 fully saturated rings. The number of hydrogen-bond acceptors (Lipinski definition) is 6. The Bertz CT molecular complexity index is 309. The Balaban J connectivity index is 1.78. The first kappa shape index (κ1) is 12.8. The molecule has 96 valence electrons. The van der Waals surface area contributed by atoms with Crippen LogP contribution in [0.4, 0.5) is 5.13 Å². The van der Waals surface area contributed by atoms with E-state index < -0.39 is 0 Å². The van der Waals surface area contributed by atoms with Crippen molar-refractivity contribution < 1.29 is 9.47 Å². The first-order valence-corrected chi connectivity index (χ1v) is 6.64. The minimum absolute atomic E-state index is 0.124. The lowest BCUT2D eigenvalue weighted by atomic mass is 10.3. The van der Waals surface area contributed by atoms with Crippen LogP contribution in [0.2, 0.25) is 0 Å². The molecule has 0 atom stereocenters. The number of methoxy groups -OCH3 is 2. The lowest BCUT2D eigenvalue weighted by Gasteiger charge is -2.35. The summed E-state index contributed by atoms with van der Waals surface area (Å²) in [6, 6.07) is 0. The Morgan fingerprint density at radius 3 is 2.53 bits per heavy atom. The van der Waals surface area contributed by atoms with E-state index in [4.69, 9.17) is 9.47 Å². The highest BCUT2D eigenvalue weighted by Gasteiger charge is 2.20. The maximum absolute atomic E-state index is 5.21. The van der Waals surface area contributed by atoms with Gasteiger partial charge in [-0.1, -0.05) is 0 Å². The average molecular weight is 257 g/mol. The highest BCUT2D eigenvalue weighted by Crippen LogP contribution is 2.18. The van der Waals surface area contributed by atoms with Gasteiger partial charge in [0.2, 0.25) is 0 Å². The fourth-order valence-electron chi connectivity index (χ4n) is 1.95. The topological polar surface area (TPSA) is 37.8 Å². The number of ether oxygens (including phenoxy) is 2. The summed E-state index contributed by atoms with van der Waals surface area (Å²) in [5.41, 5.74) is 0. The van der Waals surface area contributed by atoms with E-state index in [2.05, 4.69) is 14.8 Å². The number of aromatic nitrogens is 1. The molecule has 0 aliphatic carbocycles. The van der Waals surface area contributed by atoms with Crippen LogP contribution in [0.5, 0.6) is 0 Å². The molecule has 2 heterocycles. The fraction of sp³-hybridized carbons (Fsp3) is 0.727. The Kier molecular flexibility index (Phi) is 4.73. The SMILES string of the molecule is COC(CN1CCN(c2nccs2)CC1)OC. The normalized spacial score (nSPS) is 17.9. The number of anilines is 1. The highest BCUT2D eigenvalue weighted by atomic mass is 32.1. The van der Waals surface area contributed by atoms with Gasteiger partial charge in [-0.15, -0.1) is 11.3 Å². The third-order valence-electron chi connectivity index (χ3n) is 3.00. The molecule has 1 aromatic heterocycles. The van der Waals surface area contributed by atoms with Crippen molar-refractivity contribution in [2.75, 3.05) is 51.8 Å². The van der Waals surface area contributed by atoms with Crippen molar-refractivity contribution in [3.05, 3.63) is 11.6 Å². The zero-order valence-electron chi connectivity index (χ0n) is 10.3. The summed E-state index contributed by atoms with van der Waals surface area (Å²) < 4.78 is 10.4. The second-order valence-corrected chi connectivity index (χ2v) is 4.88. The van der Waals surface area contributed by atoms with Crippen LogP contribution < -0.4 is 4.90 Å². The number of piperazine rings is 1. The zero-order chi connectivity index (χ0) is 12.1. The molecule has 0 N–H and O–H groups in total. The van der Waals surface area contributed by atoms with E-state index in [1.54, 1.807) is 25.6 Å². The van der Waals surface area contributed by atoms with Crippen LogP contribution in [0, 0.1) is 0 Å². The molecule has 1 aromatic rings. The second kappa shape index (κ2) is 6.30. The van der Waals surface area contributed by atoms with E-state index in [0.29, 0.717) is 0 Å². The van der Waals surface area contributed by atoms with Gasteiger partial charge in [-0.05, 0) is 0 Å². The summed E-state index contributed by atoms with van der Waals surface area (Å²) in [5.74, 6) is 0. The molecular formula is C11H19N3O2S. The maximum atomic E-state index is 5.21. The molecule has 1 saturated heterocycles. The van der Waals surface area contributed by atoms with E-state index in [0.717, 1.165) is 37.9 Å². The Morgan fingerprint density at radius 2 is 2.00 bits per heavy atom. The van der Waals surface area contributed by atoms with Gasteiger partial charge in [0.05, 0.1) is 0 Å². The summed E-state index contributed by atoms with van der Waals surface area (Å²) in [6.45, 7) is 4.94. The van der Waals surface area contributed by atoms with Crippen LogP contribution in [0.15, 0.2) is 11.6 Å². The van der Waals surface area contributed by atoms with Crippen molar-refractivity contribution in [3.63, 3.8) is 0 Å². The molecule has 1 aliphatic heterocycles. The van der Waals surface area contributed by atoms with Crippen molar-refractivity contribution in [1.29, 1.82) is 0 Å². The third-order valence-corrected chi connectivity index (χ3v) is 3.83. The lowest BCUT2D eigenvalue weighted by molar-refractivity contribution is -0.116. The molecule has 1 aliphatic rings. The van der Waals surface area contributed by atoms with Gasteiger partial charge in [-0.2, -0.15) is 0 Å². The van der Waals surface area contributed by atoms with E-state index in [-0.39, 0.29) is 6.29 Å². The van der Waals surface area contributed by atoms with Gasteiger partial charge in [0, 0.05) is 58.5 Å². The summed E-state index contributed by atoms with van der Waals surface area (Å²) in [5, 5.41) is 3.15. The number of hydrogen-bond donors (Lipinski definition) is 0. The second-order valence-electron chi connectivity index (χ2n) is 4.00. The Labute approximate surface area is 106 Å². The van der Waals surface area contributed by atoms with Crippen molar-refractivity contribution in [3.8, 4) is 0 Å². The Morgan fingerprint density at radius 1 is 1.29 bits per heavy atom. The molecule has 0 spiro atoms. The standard InChI is InChI=1S/C11H19N3O2S/c1-15-10(16-2)9-13-4-6-14(7-5-13)11-12-3-8-17-11/h3,8,10H,4-7,9H2,1-2H3. The van der Waals surface area contributed by atoms with Gasteiger partial charge in [-0.25, -0.2) is 4.98 Å². The zero-order valence-corrected chi connectivity index (χ0v) is 11.2. The molecule has 0 bridgehead atoms. The van der Waals surface area contributed by atoms with Crippen molar-refractivity contribution in [2.24, 2.45) is 0 Å². The molecular weight excluding hydrogens is 238 g/mol. The summed E-state index contributed by atoms with van der Waals surface area (Å²) in [6.07, 6.45) is 1.74. The highest BCUT2D eigenvalue weighted by molar-refractivity contribution is 7.13. The number of rotatable bonds is 5. The minimum Gasteiger partial charge on any atom is -0.355 e. The first-order valence-electron chi connectivity index (χ1n) is 5.76. The van der Waals surface area contributed by atoms with Crippen LogP contribution in [0.25, 0.3) is 0 Å². The van der Waals surface area contributed by atoms with Crippen LogP contribution in [-0.4, -0.2) is 63.1 Å². The van der Waals surface area contributed by atoms with Gasteiger partial charge in [-0.3, -0.25) is 4.90 Å². The van der Waals surface area contributed by atoms with Crippen LogP contribution in [0.1, 0.15) is 0 Å². The quantitative estimate of drug-likeness (QED) is 0.732. The molecule has 0 saturated carbocycles. The minimum atomic E-state index is -0.124. The van der Waals surface area contributed by atoms with E-state index in [1.165, 1.54) is 0 Å². The summed E-state index contributed by atoms with van der Waals surface area (Å²) in [4.78, 5) is 9.03. The molecule has 6 heteroatoms. The molecule has 5 nitrogen and oxygen atoms in total. The monoisotopic (exact) mass is 257 g/mol. The van der Waals surface area contributed by atoms with Crippen molar-refractivity contribution in [1.82, 2.24) is 9.88 Å². The summed E-state index contributed by atoms with van der Waals surface area (Å²) >= 11 is 1.70. The number of thiazole rings is 1. The van der Waals surface area contributed by atoms with Crippen LogP contribution in [-0.2, 0) is 9.47 Å². The van der Waals surface area contributed by atoms with Gasteiger partial charge in [0.25, 0.3) is 0 Å². The van der Waals surface area contributed by atoms with Gasteiger partial charge in [0.15, 0.2) is 11.4 Å². The molecule has 0 amide bonds. The maximum Gasteiger partial charge on any atom is 0.185 e. The van der Waals surface area contributed by atoms with Crippen molar-refractivity contribution >= 4 is 16.5 Å². The van der Waals surface area contributed by atoms with Gasteiger partial charge >= 0.3 is 0 Å². The number of nitrogens with zero attached hydrogens (tertiary/aromatic N) is 3. The van der Waals surface area contributed by atoms with Gasteiger partial charge in [0.1, 0.15) is 0 Å².